The number of amides is 2. The van der Waals surface area contributed by atoms with E-state index >= 15 is 0 Å². The highest BCUT2D eigenvalue weighted by Crippen LogP contribution is 2.12. The number of aliphatic carboxylic acids is 1. The van der Waals surface area contributed by atoms with Crippen molar-refractivity contribution in [1.82, 2.24) is 10.2 Å². The largest absolute Gasteiger partial charge is 0.482 e. The first-order valence-corrected chi connectivity index (χ1v) is 7.19. The summed E-state index contributed by atoms with van der Waals surface area (Å²) in [5.74, 6) is -0.488. The summed E-state index contributed by atoms with van der Waals surface area (Å²) in [5.41, 5.74) is 1.05. The second-order valence-corrected chi connectivity index (χ2v) is 4.91. The van der Waals surface area contributed by atoms with Crippen LogP contribution in [-0.2, 0) is 16.0 Å². The van der Waals surface area contributed by atoms with Crippen molar-refractivity contribution in [3.63, 3.8) is 0 Å². The summed E-state index contributed by atoms with van der Waals surface area (Å²) >= 11 is 0. The van der Waals surface area contributed by atoms with Crippen LogP contribution in [0.2, 0.25) is 0 Å². The van der Waals surface area contributed by atoms with Crippen LogP contribution in [0, 0.1) is 0 Å². The summed E-state index contributed by atoms with van der Waals surface area (Å²) in [6, 6.07) is 7.10. The van der Waals surface area contributed by atoms with E-state index in [-0.39, 0.29) is 12.6 Å². The van der Waals surface area contributed by atoms with Crippen molar-refractivity contribution in [3.05, 3.63) is 29.8 Å². The zero-order chi connectivity index (χ0) is 15.8. The molecule has 1 aromatic carbocycles. The Kier molecular flexibility index (Phi) is 6.02. The Hall–Kier alpha value is -2.28. The lowest BCUT2D eigenvalue weighted by Gasteiger charge is -2.26. The molecule has 7 heteroatoms. The number of benzene rings is 1. The number of nitrogens with zero attached hydrogens (tertiary/aromatic N) is 1. The Balaban J connectivity index is 1.70. The number of ether oxygens (including phenoxy) is 2. The first-order chi connectivity index (χ1) is 10.6. The van der Waals surface area contributed by atoms with Crippen LogP contribution < -0.4 is 10.1 Å². The van der Waals surface area contributed by atoms with Gasteiger partial charge in [0, 0.05) is 19.6 Å². The minimum atomic E-state index is -1.00. The summed E-state index contributed by atoms with van der Waals surface area (Å²) in [7, 11) is 0. The lowest BCUT2D eigenvalue weighted by atomic mass is 10.1. The normalized spacial score (nSPS) is 14.5. The maximum Gasteiger partial charge on any atom is 0.341 e. The molecule has 0 aliphatic carbocycles. The van der Waals surface area contributed by atoms with E-state index in [0.717, 1.165) is 5.56 Å². The third kappa shape index (κ3) is 5.25. The number of nitrogens with one attached hydrogen (secondary N) is 1. The average molecular weight is 308 g/mol. The molecule has 0 spiro atoms. The summed E-state index contributed by atoms with van der Waals surface area (Å²) in [5, 5.41) is 11.4. The molecule has 2 rings (SSSR count). The van der Waals surface area contributed by atoms with Gasteiger partial charge in [0.15, 0.2) is 6.61 Å². The number of carboxylic acid groups (broad SMARTS) is 1. The van der Waals surface area contributed by atoms with E-state index in [1.54, 1.807) is 17.0 Å². The average Bonchev–Trinajstić information content (AvgIpc) is 2.55. The van der Waals surface area contributed by atoms with Gasteiger partial charge in [0.2, 0.25) is 0 Å². The number of hydrogen-bond donors (Lipinski definition) is 2. The van der Waals surface area contributed by atoms with Crippen LogP contribution in [0.3, 0.4) is 0 Å². The van der Waals surface area contributed by atoms with Crippen molar-refractivity contribution in [1.29, 1.82) is 0 Å². The van der Waals surface area contributed by atoms with Crippen LogP contribution in [0.1, 0.15) is 5.56 Å². The standard InChI is InChI=1S/C15H20N2O5/c18-14(19)11-22-13-3-1-12(2-4-13)5-6-16-15(20)17-7-9-21-10-8-17/h1-4H,5-11H2,(H,16,20)(H,18,19). The summed E-state index contributed by atoms with van der Waals surface area (Å²) in [6.07, 6.45) is 0.704. The monoisotopic (exact) mass is 308 g/mol. The maximum absolute atomic E-state index is 11.9. The third-order valence-electron chi connectivity index (χ3n) is 3.27. The molecule has 0 atom stereocenters. The van der Waals surface area contributed by atoms with Crippen molar-refractivity contribution < 1.29 is 24.2 Å². The number of carbonyl (C=O) groups excluding carboxylic acids is 1. The van der Waals surface area contributed by atoms with E-state index in [4.69, 9.17) is 14.6 Å². The lowest BCUT2D eigenvalue weighted by Crippen LogP contribution is -2.46. The topological polar surface area (TPSA) is 88.1 Å². The number of urea groups is 1. The van der Waals surface area contributed by atoms with Gasteiger partial charge in [0.05, 0.1) is 13.2 Å². The number of morpholine rings is 1. The second kappa shape index (κ2) is 8.23. The molecule has 1 aliphatic rings. The van der Waals surface area contributed by atoms with E-state index in [9.17, 15) is 9.59 Å². The fraction of sp³-hybridized carbons (Fsp3) is 0.467. The minimum absolute atomic E-state index is 0.0651. The van der Waals surface area contributed by atoms with Crippen molar-refractivity contribution in [2.24, 2.45) is 0 Å². The number of rotatable bonds is 6. The van der Waals surface area contributed by atoms with E-state index in [1.807, 2.05) is 12.1 Å². The van der Waals surface area contributed by atoms with Gasteiger partial charge in [-0.05, 0) is 24.1 Å². The molecule has 0 bridgehead atoms. The van der Waals surface area contributed by atoms with E-state index < -0.39 is 5.97 Å². The number of hydrogen-bond acceptors (Lipinski definition) is 4. The molecule has 7 nitrogen and oxygen atoms in total. The van der Waals surface area contributed by atoms with Crippen LogP contribution in [-0.4, -0.2) is 61.5 Å². The summed E-state index contributed by atoms with van der Waals surface area (Å²) in [6.45, 7) is 2.62. The van der Waals surface area contributed by atoms with Gasteiger partial charge in [0.1, 0.15) is 5.75 Å². The Morgan fingerprint density at radius 3 is 2.55 bits per heavy atom. The highest BCUT2D eigenvalue weighted by Gasteiger charge is 2.15. The summed E-state index contributed by atoms with van der Waals surface area (Å²) < 4.78 is 10.3. The highest BCUT2D eigenvalue weighted by molar-refractivity contribution is 5.74. The molecule has 2 N–H and O–H groups in total. The predicted molar refractivity (Wildman–Crippen MR) is 79.1 cm³/mol. The lowest BCUT2D eigenvalue weighted by molar-refractivity contribution is -0.139. The quantitative estimate of drug-likeness (QED) is 0.809. The van der Waals surface area contributed by atoms with Crippen LogP contribution in [0.25, 0.3) is 0 Å². The molecule has 1 fully saturated rings. The SMILES string of the molecule is O=C(O)COc1ccc(CCNC(=O)N2CCOCC2)cc1. The predicted octanol–water partition coefficient (Wildman–Crippen LogP) is 0.734. The second-order valence-electron chi connectivity index (χ2n) is 4.91. The molecule has 120 valence electrons. The van der Waals surface area contributed by atoms with Crippen LogP contribution in [0.15, 0.2) is 24.3 Å². The molecular weight excluding hydrogens is 288 g/mol. The van der Waals surface area contributed by atoms with Gasteiger partial charge in [0.25, 0.3) is 0 Å². The third-order valence-corrected chi connectivity index (χ3v) is 3.27. The van der Waals surface area contributed by atoms with Crippen LogP contribution in [0.4, 0.5) is 4.79 Å². The minimum Gasteiger partial charge on any atom is -0.482 e. The fourth-order valence-corrected chi connectivity index (χ4v) is 2.09. The van der Waals surface area contributed by atoms with Crippen LogP contribution in [0.5, 0.6) is 5.75 Å². The Labute approximate surface area is 128 Å². The molecule has 1 aromatic rings. The number of carboxylic acids is 1. The molecule has 0 unspecified atom stereocenters. The van der Waals surface area contributed by atoms with Gasteiger partial charge in [-0.3, -0.25) is 0 Å². The van der Waals surface area contributed by atoms with Gasteiger partial charge in [-0.2, -0.15) is 0 Å². The van der Waals surface area contributed by atoms with E-state index in [2.05, 4.69) is 5.32 Å². The Bertz CT molecular complexity index is 497. The molecule has 1 heterocycles. The Morgan fingerprint density at radius 2 is 1.91 bits per heavy atom. The molecule has 22 heavy (non-hydrogen) atoms. The van der Waals surface area contributed by atoms with Crippen molar-refractivity contribution in [2.75, 3.05) is 39.5 Å². The molecular formula is C15H20N2O5. The maximum atomic E-state index is 11.9. The van der Waals surface area contributed by atoms with Gasteiger partial charge in [-0.15, -0.1) is 0 Å². The molecule has 0 aromatic heterocycles. The van der Waals surface area contributed by atoms with Gasteiger partial charge in [-0.1, -0.05) is 12.1 Å². The Morgan fingerprint density at radius 1 is 1.23 bits per heavy atom. The first-order valence-electron chi connectivity index (χ1n) is 7.19. The fourth-order valence-electron chi connectivity index (χ4n) is 2.09. The highest BCUT2D eigenvalue weighted by atomic mass is 16.5. The smallest absolute Gasteiger partial charge is 0.341 e. The molecule has 1 saturated heterocycles. The molecule has 0 radical (unpaired) electrons. The molecule has 1 aliphatic heterocycles. The molecule has 2 amide bonds. The van der Waals surface area contributed by atoms with Gasteiger partial charge in [-0.25, -0.2) is 9.59 Å². The van der Waals surface area contributed by atoms with Crippen LogP contribution >= 0.6 is 0 Å². The van der Waals surface area contributed by atoms with E-state index in [1.165, 1.54) is 0 Å². The zero-order valence-electron chi connectivity index (χ0n) is 12.3. The van der Waals surface area contributed by atoms with Gasteiger partial charge >= 0.3 is 12.0 Å². The van der Waals surface area contributed by atoms with E-state index in [0.29, 0.717) is 45.0 Å². The zero-order valence-corrected chi connectivity index (χ0v) is 12.3. The van der Waals surface area contributed by atoms with Crippen molar-refractivity contribution in [2.45, 2.75) is 6.42 Å². The van der Waals surface area contributed by atoms with Crippen molar-refractivity contribution >= 4 is 12.0 Å². The van der Waals surface area contributed by atoms with Gasteiger partial charge < -0.3 is 24.8 Å². The molecule has 0 saturated carbocycles. The van der Waals surface area contributed by atoms with Crippen molar-refractivity contribution in [3.8, 4) is 5.75 Å². The first kappa shape index (κ1) is 16.1. The summed E-state index contributed by atoms with van der Waals surface area (Å²) in [4.78, 5) is 24.0. The number of carbonyl (C=O) groups is 2.